The Morgan fingerprint density at radius 3 is 1.64 bits per heavy atom. The van der Waals surface area contributed by atoms with E-state index in [2.05, 4.69) is 10.0 Å². The number of rotatable bonds is 15. The standard InChI is InChI=1S/C6H13ClO3.C6H13N3O3/c7-1-3-9-5-6-10-4-2-8;7-9-8-1-3-11-5-6-12-4-2-10/h8H,1-6H2;10H,1-6H2. The van der Waals surface area contributed by atoms with Crippen molar-refractivity contribution in [1.82, 2.24) is 0 Å². The average molecular weight is 344 g/mol. The molecule has 0 bridgehead atoms. The molecule has 0 spiro atoms. The zero-order valence-corrected chi connectivity index (χ0v) is 13.5. The molecule has 9 nitrogen and oxygen atoms in total. The van der Waals surface area contributed by atoms with E-state index in [0.29, 0.717) is 65.3 Å². The molecular formula is C12H26ClN3O6. The maximum Gasteiger partial charge on any atom is 0.0701 e. The fourth-order valence-corrected chi connectivity index (χ4v) is 1.09. The molecule has 0 aliphatic heterocycles. The highest BCUT2D eigenvalue weighted by atomic mass is 35.5. The van der Waals surface area contributed by atoms with Gasteiger partial charge in [0.05, 0.1) is 66.1 Å². The Labute approximate surface area is 135 Å². The zero-order valence-electron chi connectivity index (χ0n) is 12.7. The van der Waals surface area contributed by atoms with Crippen molar-refractivity contribution < 1.29 is 29.2 Å². The van der Waals surface area contributed by atoms with Gasteiger partial charge in [-0.3, -0.25) is 0 Å². The summed E-state index contributed by atoms with van der Waals surface area (Å²) in [6.45, 7) is 4.10. The summed E-state index contributed by atoms with van der Waals surface area (Å²) in [6.07, 6.45) is 0. The van der Waals surface area contributed by atoms with Crippen LogP contribution in [-0.4, -0.2) is 88.7 Å². The van der Waals surface area contributed by atoms with Crippen LogP contribution in [0.2, 0.25) is 0 Å². The van der Waals surface area contributed by atoms with Crippen molar-refractivity contribution in [3.05, 3.63) is 10.4 Å². The van der Waals surface area contributed by atoms with Gasteiger partial charge in [-0.1, -0.05) is 5.11 Å². The minimum Gasteiger partial charge on any atom is -0.394 e. The highest BCUT2D eigenvalue weighted by molar-refractivity contribution is 6.17. The second kappa shape index (κ2) is 25.3. The molecule has 0 aliphatic carbocycles. The third-order valence-electron chi connectivity index (χ3n) is 1.84. The molecule has 0 amide bonds. The minimum atomic E-state index is 0.0265. The second-order valence-electron chi connectivity index (χ2n) is 3.54. The van der Waals surface area contributed by atoms with E-state index in [0.717, 1.165) is 0 Å². The van der Waals surface area contributed by atoms with Gasteiger partial charge >= 0.3 is 0 Å². The molecule has 0 aromatic heterocycles. The lowest BCUT2D eigenvalue weighted by molar-refractivity contribution is 0.0354. The van der Waals surface area contributed by atoms with Gasteiger partial charge in [-0.05, 0) is 5.53 Å². The molecule has 0 heterocycles. The van der Waals surface area contributed by atoms with Crippen LogP contribution >= 0.6 is 11.6 Å². The molecule has 10 heteroatoms. The summed E-state index contributed by atoms with van der Waals surface area (Å²) in [5.74, 6) is 0.514. The molecule has 0 aromatic carbocycles. The predicted octanol–water partition coefficient (Wildman–Crippen LogP) is 0.573. The molecular weight excluding hydrogens is 318 g/mol. The monoisotopic (exact) mass is 343 g/mol. The van der Waals surface area contributed by atoms with E-state index in [9.17, 15) is 0 Å². The van der Waals surface area contributed by atoms with E-state index >= 15 is 0 Å². The SMILES string of the molecule is OCCOCCOCCCl.[N-]=[N+]=NCCOCCOCCO. The molecule has 132 valence electrons. The van der Waals surface area contributed by atoms with Crippen LogP contribution in [0.25, 0.3) is 10.4 Å². The first kappa shape index (κ1) is 23.6. The van der Waals surface area contributed by atoms with Crippen LogP contribution in [0.3, 0.4) is 0 Å². The van der Waals surface area contributed by atoms with Gasteiger partial charge in [-0.15, -0.1) is 11.6 Å². The highest BCUT2D eigenvalue weighted by Crippen LogP contribution is 1.80. The topological polar surface area (TPSA) is 126 Å². The number of nitrogens with zero attached hydrogens (tertiary/aromatic N) is 3. The molecule has 0 fully saturated rings. The summed E-state index contributed by atoms with van der Waals surface area (Å²) in [5.41, 5.74) is 7.89. The van der Waals surface area contributed by atoms with Crippen LogP contribution in [0.1, 0.15) is 0 Å². The molecule has 0 aliphatic rings. The summed E-state index contributed by atoms with van der Waals surface area (Å²) in [7, 11) is 0. The summed E-state index contributed by atoms with van der Waals surface area (Å²) >= 11 is 5.34. The maximum absolute atomic E-state index is 8.32. The average Bonchev–Trinajstić information content (AvgIpc) is 2.54. The van der Waals surface area contributed by atoms with Crippen LogP contribution < -0.4 is 0 Å². The van der Waals surface area contributed by atoms with Gasteiger partial charge in [-0.25, -0.2) is 0 Å². The summed E-state index contributed by atoms with van der Waals surface area (Å²) in [6, 6.07) is 0. The number of ether oxygens (including phenoxy) is 4. The largest absolute Gasteiger partial charge is 0.394 e. The number of aliphatic hydroxyl groups is 2. The van der Waals surface area contributed by atoms with Crippen molar-refractivity contribution in [2.45, 2.75) is 0 Å². The lowest BCUT2D eigenvalue weighted by atomic mass is 10.7. The van der Waals surface area contributed by atoms with Crippen LogP contribution in [-0.2, 0) is 18.9 Å². The van der Waals surface area contributed by atoms with Gasteiger partial charge in [0.1, 0.15) is 0 Å². The minimum absolute atomic E-state index is 0.0265. The maximum atomic E-state index is 8.32. The van der Waals surface area contributed by atoms with E-state index in [4.69, 9.17) is 46.3 Å². The van der Waals surface area contributed by atoms with Gasteiger partial charge in [0.25, 0.3) is 0 Å². The van der Waals surface area contributed by atoms with E-state index in [1.165, 1.54) is 0 Å². The second-order valence-corrected chi connectivity index (χ2v) is 3.92. The quantitative estimate of drug-likeness (QED) is 0.147. The van der Waals surface area contributed by atoms with Gasteiger partial charge in [0.15, 0.2) is 0 Å². The number of halogens is 1. The number of hydrogen-bond acceptors (Lipinski definition) is 7. The molecule has 0 aromatic rings. The molecule has 2 N–H and O–H groups in total. The molecule has 0 rings (SSSR count). The molecule has 0 radical (unpaired) electrons. The van der Waals surface area contributed by atoms with Crippen molar-refractivity contribution in [3.63, 3.8) is 0 Å². The van der Waals surface area contributed by atoms with Gasteiger partial charge < -0.3 is 29.2 Å². The lowest BCUT2D eigenvalue weighted by Crippen LogP contribution is -2.08. The van der Waals surface area contributed by atoms with Crippen LogP contribution in [0.15, 0.2) is 5.11 Å². The first-order valence-electron chi connectivity index (χ1n) is 6.93. The zero-order chi connectivity index (χ0) is 16.7. The van der Waals surface area contributed by atoms with Crippen LogP contribution in [0.5, 0.6) is 0 Å². The normalized spacial score (nSPS) is 9.77. The Morgan fingerprint density at radius 1 is 0.773 bits per heavy atom. The fourth-order valence-electron chi connectivity index (χ4n) is 0.978. The molecule has 0 saturated heterocycles. The first-order chi connectivity index (χ1) is 10.8. The summed E-state index contributed by atoms with van der Waals surface area (Å²) < 4.78 is 19.8. The first-order valence-corrected chi connectivity index (χ1v) is 7.46. The molecule has 22 heavy (non-hydrogen) atoms. The number of aliphatic hydroxyl groups excluding tert-OH is 2. The Bertz CT molecular complexity index is 237. The molecule has 0 atom stereocenters. The number of azide groups is 1. The third-order valence-corrected chi connectivity index (χ3v) is 1.99. The van der Waals surface area contributed by atoms with Crippen LogP contribution in [0, 0.1) is 0 Å². The van der Waals surface area contributed by atoms with Gasteiger partial charge in [-0.2, -0.15) is 0 Å². The van der Waals surface area contributed by atoms with E-state index < -0.39 is 0 Å². The van der Waals surface area contributed by atoms with Crippen molar-refractivity contribution in [2.24, 2.45) is 5.11 Å². The number of hydrogen-bond donors (Lipinski definition) is 2. The summed E-state index contributed by atoms with van der Waals surface area (Å²) in [5, 5.41) is 19.9. The fraction of sp³-hybridized carbons (Fsp3) is 1.00. The highest BCUT2D eigenvalue weighted by Gasteiger charge is 1.88. The Balaban J connectivity index is 0. The van der Waals surface area contributed by atoms with Crippen molar-refractivity contribution in [2.75, 3.05) is 78.5 Å². The smallest absolute Gasteiger partial charge is 0.0701 e. The van der Waals surface area contributed by atoms with Gasteiger partial charge in [0, 0.05) is 17.3 Å². The summed E-state index contributed by atoms with van der Waals surface area (Å²) in [4.78, 5) is 2.56. The van der Waals surface area contributed by atoms with Gasteiger partial charge in [0.2, 0.25) is 0 Å². The Kier molecular flexibility index (Phi) is 27.2. The molecule has 0 unspecified atom stereocenters. The van der Waals surface area contributed by atoms with E-state index in [-0.39, 0.29) is 13.2 Å². The Morgan fingerprint density at radius 2 is 1.23 bits per heavy atom. The molecule has 0 saturated carbocycles. The lowest BCUT2D eigenvalue weighted by Gasteiger charge is -2.02. The van der Waals surface area contributed by atoms with Crippen molar-refractivity contribution >= 4 is 11.6 Å². The van der Waals surface area contributed by atoms with E-state index in [1.54, 1.807) is 0 Å². The third kappa shape index (κ3) is 27.7. The van der Waals surface area contributed by atoms with Crippen LogP contribution in [0.4, 0.5) is 0 Å². The van der Waals surface area contributed by atoms with Crippen molar-refractivity contribution in [1.29, 1.82) is 0 Å². The Hall–Kier alpha value is -0.640. The van der Waals surface area contributed by atoms with Crippen molar-refractivity contribution in [3.8, 4) is 0 Å². The predicted molar refractivity (Wildman–Crippen MR) is 82.2 cm³/mol. The van der Waals surface area contributed by atoms with E-state index in [1.807, 2.05) is 0 Å². The number of alkyl halides is 1.